The second-order valence-electron chi connectivity index (χ2n) is 6.17. The Balaban J connectivity index is 1.71. The molecule has 3 rings (SSSR count). The molecule has 0 N–H and O–H groups in total. The molecule has 0 amide bonds. The van der Waals surface area contributed by atoms with Crippen molar-refractivity contribution in [3.05, 3.63) is 39.6 Å². The van der Waals surface area contributed by atoms with E-state index in [0.717, 1.165) is 23.1 Å². The Morgan fingerprint density at radius 2 is 2.15 bits per heavy atom. The zero-order chi connectivity index (χ0) is 18.9. The first-order chi connectivity index (χ1) is 12.2. The first-order valence-electron chi connectivity index (χ1n) is 8.02. The monoisotopic (exact) mass is 386 g/mol. The van der Waals surface area contributed by atoms with Crippen molar-refractivity contribution >= 4 is 17.1 Å². The number of nitrogens with zero attached hydrogens (tertiary/aromatic N) is 2. The number of Topliss-reactive ketones (excluding diaryl/α,β-unsaturated/α-hetero) is 1. The molecule has 1 saturated heterocycles. The molecule has 1 aliphatic heterocycles. The van der Waals surface area contributed by atoms with Crippen molar-refractivity contribution in [1.82, 2.24) is 9.97 Å². The number of alkyl halides is 3. The van der Waals surface area contributed by atoms with E-state index in [1.807, 2.05) is 6.92 Å². The predicted molar refractivity (Wildman–Crippen MR) is 88.6 cm³/mol. The minimum atomic E-state index is -4.51. The van der Waals surface area contributed by atoms with Gasteiger partial charge in [-0.3, -0.25) is 4.79 Å². The van der Waals surface area contributed by atoms with Crippen molar-refractivity contribution in [1.29, 1.82) is 0 Å². The van der Waals surface area contributed by atoms with Crippen LogP contribution in [-0.4, -0.2) is 34.6 Å². The van der Waals surface area contributed by atoms with Crippen molar-refractivity contribution in [3.8, 4) is 5.75 Å². The Kier molecular flexibility index (Phi) is 5.29. The highest BCUT2D eigenvalue weighted by Crippen LogP contribution is 2.30. The van der Waals surface area contributed by atoms with Gasteiger partial charge in [0.15, 0.2) is 11.5 Å². The maximum atomic E-state index is 12.6. The number of pyridine rings is 1. The summed E-state index contributed by atoms with van der Waals surface area (Å²) in [6, 6.07) is 3.22. The normalized spacial score (nSPS) is 20.3. The van der Waals surface area contributed by atoms with Crippen LogP contribution in [0, 0.1) is 6.92 Å². The van der Waals surface area contributed by atoms with Gasteiger partial charge >= 0.3 is 6.18 Å². The molecule has 2 atom stereocenters. The van der Waals surface area contributed by atoms with Gasteiger partial charge in [0.25, 0.3) is 0 Å². The molecule has 1 fully saturated rings. The number of aryl methyl sites for hydroxylation is 1. The maximum Gasteiger partial charge on any atom is 0.434 e. The lowest BCUT2D eigenvalue weighted by Crippen LogP contribution is -2.17. The van der Waals surface area contributed by atoms with E-state index in [0.29, 0.717) is 18.1 Å². The predicted octanol–water partition coefficient (Wildman–Crippen LogP) is 3.85. The van der Waals surface area contributed by atoms with Crippen LogP contribution in [0.5, 0.6) is 5.75 Å². The lowest BCUT2D eigenvalue weighted by Gasteiger charge is -2.13. The molecular formula is C17H17F3N2O3S. The Labute approximate surface area is 152 Å². The van der Waals surface area contributed by atoms with E-state index in [1.165, 1.54) is 6.07 Å². The van der Waals surface area contributed by atoms with Crippen LogP contribution in [0.25, 0.3) is 0 Å². The topological polar surface area (TPSA) is 61.3 Å². The number of rotatable bonds is 5. The van der Waals surface area contributed by atoms with Crippen molar-refractivity contribution in [2.24, 2.45) is 0 Å². The number of ether oxygens (including phenoxy) is 2. The minimum absolute atomic E-state index is 0.0944. The highest BCUT2D eigenvalue weighted by molar-refractivity contribution is 7.09. The number of carbonyl (C=O) groups excluding carboxylic acids is 1. The standard InChI is InChI=1S/C17H17F3N2O3S/c1-9-3-11(25-12-4-10(2)24-7-12)5-13(21-9)14(23)6-16-22-15(8-26-16)17(18,19)20/h3,5,8,10,12H,4,6-7H2,1-2H3/t10-,12-/m1/s1. The minimum Gasteiger partial charge on any atom is -0.488 e. The fraction of sp³-hybridized carbons (Fsp3) is 0.471. The van der Waals surface area contributed by atoms with Crippen molar-refractivity contribution < 1.29 is 27.4 Å². The SMILES string of the molecule is Cc1cc(O[C@H]2CO[C@H](C)C2)cc(C(=O)Cc2nc(C(F)(F)F)cs2)n1. The molecule has 9 heteroatoms. The fourth-order valence-corrected chi connectivity index (χ4v) is 3.45. The molecule has 2 aromatic rings. The van der Waals surface area contributed by atoms with Crippen LogP contribution in [0.1, 0.15) is 40.2 Å². The zero-order valence-corrected chi connectivity index (χ0v) is 15.0. The van der Waals surface area contributed by atoms with Gasteiger partial charge < -0.3 is 9.47 Å². The third-order valence-electron chi connectivity index (χ3n) is 3.83. The van der Waals surface area contributed by atoms with Gasteiger partial charge in [-0.1, -0.05) is 0 Å². The Morgan fingerprint density at radius 1 is 1.38 bits per heavy atom. The molecule has 140 valence electrons. The number of ketones is 1. The summed E-state index contributed by atoms with van der Waals surface area (Å²) >= 11 is 0.807. The summed E-state index contributed by atoms with van der Waals surface area (Å²) < 4.78 is 49.1. The van der Waals surface area contributed by atoms with E-state index < -0.39 is 17.7 Å². The Bertz CT molecular complexity index is 807. The highest BCUT2D eigenvalue weighted by atomic mass is 32.1. The zero-order valence-electron chi connectivity index (χ0n) is 14.2. The van der Waals surface area contributed by atoms with Crippen LogP contribution in [0.15, 0.2) is 17.5 Å². The quantitative estimate of drug-likeness (QED) is 0.731. The Morgan fingerprint density at radius 3 is 2.77 bits per heavy atom. The molecule has 0 aromatic carbocycles. The molecule has 0 bridgehead atoms. The number of hydrogen-bond donors (Lipinski definition) is 0. The molecule has 0 saturated carbocycles. The number of thiazole rings is 1. The first kappa shape index (κ1) is 18.8. The molecule has 5 nitrogen and oxygen atoms in total. The molecule has 0 spiro atoms. The van der Waals surface area contributed by atoms with Crippen LogP contribution < -0.4 is 4.74 Å². The molecule has 0 radical (unpaired) electrons. The lowest BCUT2D eigenvalue weighted by molar-refractivity contribution is -0.140. The number of carbonyl (C=O) groups is 1. The summed E-state index contributed by atoms with van der Waals surface area (Å²) in [6.45, 7) is 4.16. The molecule has 3 heterocycles. The first-order valence-corrected chi connectivity index (χ1v) is 8.90. The molecule has 1 aliphatic rings. The molecule has 0 aliphatic carbocycles. The molecule has 2 aromatic heterocycles. The fourth-order valence-electron chi connectivity index (χ4n) is 2.65. The van der Waals surface area contributed by atoms with Gasteiger partial charge in [0, 0.05) is 29.6 Å². The van der Waals surface area contributed by atoms with E-state index in [4.69, 9.17) is 9.47 Å². The van der Waals surface area contributed by atoms with Gasteiger partial charge in [-0.25, -0.2) is 9.97 Å². The van der Waals surface area contributed by atoms with Gasteiger partial charge in [0.05, 0.1) is 19.1 Å². The van der Waals surface area contributed by atoms with E-state index in [1.54, 1.807) is 13.0 Å². The van der Waals surface area contributed by atoms with Gasteiger partial charge in [0.2, 0.25) is 0 Å². The van der Waals surface area contributed by atoms with Gasteiger partial charge in [-0.2, -0.15) is 13.2 Å². The number of halogens is 3. The maximum absolute atomic E-state index is 12.6. The number of aromatic nitrogens is 2. The summed E-state index contributed by atoms with van der Waals surface area (Å²) in [5.74, 6) is 0.0938. The summed E-state index contributed by atoms with van der Waals surface area (Å²) in [4.78, 5) is 20.1. The van der Waals surface area contributed by atoms with Gasteiger partial charge in [-0.05, 0) is 13.8 Å². The summed E-state index contributed by atoms with van der Waals surface area (Å²) in [7, 11) is 0. The van der Waals surface area contributed by atoms with E-state index in [-0.39, 0.29) is 29.3 Å². The summed E-state index contributed by atoms with van der Waals surface area (Å²) in [5, 5.41) is 1.01. The van der Waals surface area contributed by atoms with Crippen molar-refractivity contribution in [2.75, 3.05) is 6.61 Å². The van der Waals surface area contributed by atoms with E-state index in [2.05, 4.69) is 9.97 Å². The van der Waals surface area contributed by atoms with Crippen molar-refractivity contribution in [2.45, 2.75) is 45.1 Å². The third kappa shape index (κ3) is 4.59. The van der Waals surface area contributed by atoms with Crippen LogP contribution >= 0.6 is 11.3 Å². The third-order valence-corrected chi connectivity index (χ3v) is 4.68. The largest absolute Gasteiger partial charge is 0.488 e. The summed E-state index contributed by atoms with van der Waals surface area (Å²) in [5.41, 5.74) is -0.245. The second kappa shape index (κ2) is 7.32. The highest BCUT2D eigenvalue weighted by Gasteiger charge is 2.34. The average Bonchev–Trinajstić information content (AvgIpc) is 3.15. The van der Waals surface area contributed by atoms with Crippen LogP contribution in [0.3, 0.4) is 0 Å². The average molecular weight is 386 g/mol. The number of hydrogen-bond acceptors (Lipinski definition) is 6. The smallest absolute Gasteiger partial charge is 0.434 e. The summed E-state index contributed by atoms with van der Waals surface area (Å²) in [6.07, 6.45) is -3.97. The molecule has 0 unspecified atom stereocenters. The van der Waals surface area contributed by atoms with E-state index in [9.17, 15) is 18.0 Å². The van der Waals surface area contributed by atoms with Crippen molar-refractivity contribution in [3.63, 3.8) is 0 Å². The lowest BCUT2D eigenvalue weighted by atomic mass is 10.1. The van der Waals surface area contributed by atoms with Gasteiger partial charge in [-0.15, -0.1) is 11.3 Å². The molecular weight excluding hydrogens is 369 g/mol. The Hall–Kier alpha value is -2.00. The van der Waals surface area contributed by atoms with Crippen LogP contribution in [-0.2, 0) is 17.3 Å². The van der Waals surface area contributed by atoms with Crippen LogP contribution in [0.4, 0.5) is 13.2 Å². The second-order valence-corrected chi connectivity index (χ2v) is 7.12. The van der Waals surface area contributed by atoms with Crippen LogP contribution in [0.2, 0.25) is 0 Å². The van der Waals surface area contributed by atoms with E-state index >= 15 is 0 Å². The molecule has 26 heavy (non-hydrogen) atoms. The van der Waals surface area contributed by atoms with Gasteiger partial charge in [0.1, 0.15) is 22.6 Å².